The zero-order valence-electron chi connectivity index (χ0n) is 15.4. The number of rotatable bonds is 1. The lowest BCUT2D eigenvalue weighted by Crippen LogP contribution is -2.66. The van der Waals surface area contributed by atoms with Gasteiger partial charge in [0.1, 0.15) is 0 Å². The molecule has 0 aromatic carbocycles. The van der Waals surface area contributed by atoms with E-state index in [0.29, 0.717) is 6.42 Å². The van der Waals surface area contributed by atoms with Crippen molar-refractivity contribution in [1.29, 1.82) is 0 Å². The number of ketones is 1. The first-order valence-corrected chi connectivity index (χ1v) is 9.71. The van der Waals surface area contributed by atoms with Crippen molar-refractivity contribution in [3.05, 3.63) is 23.8 Å². The highest BCUT2D eigenvalue weighted by atomic mass is 16.4. The van der Waals surface area contributed by atoms with E-state index in [4.69, 9.17) is 0 Å². The zero-order chi connectivity index (χ0) is 18.9. The summed E-state index contributed by atoms with van der Waals surface area (Å²) >= 11 is 0. The van der Waals surface area contributed by atoms with Gasteiger partial charge in [0.05, 0.1) is 6.10 Å². The number of aliphatic carboxylic acids is 1. The van der Waals surface area contributed by atoms with Crippen LogP contribution in [0.4, 0.5) is 0 Å². The summed E-state index contributed by atoms with van der Waals surface area (Å²) in [5.41, 5.74) is -1.89. The van der Waals surface area contributed by atoms with Crippen molar-refractivity contribution < 1.29 is 24.9 Å². The molecule has 0 heterocycles. The Balaban J connectivity index is 1.78. The predicted octanol–water partition coefficient (Wildman–Crippen LogP) is 2.47. The molecular formula is C21H28O5. The highest BCUT2D eigenvalue weighted by molar-refractivity contribution is 6.01. The molecule has 3 N–H and O–H groups in total. The SMILES string of the molecule is CC12C=CC(=O)C=C1CCC1C2C(O)CC2(C)C1CCCC2(O)C(=O)O. The molecule has 5 nitrogen and oxygen atoms in total. The molecule has 4 rings (SSSR count). The number of fused-ring (bicyclic) bond motifs is 5. The number of aliphatic hydroxyl groups is 2. The number of hydrogen-bond acceptors (Lipinski definition) is 4. The lowest BCUT2D eigenvalue weighted by molar-refractivity contribution is -0.225. The summed E-state index contributed by atoms with van der Waals surface area (Å²) in [4.78, 5) is 23.8. The van der Waals surface area contributed by atoms with Crippen LogP contribution in [0, 0.1) is 28.6 Å². The quantitative estimate of drug-likeness (QED) is 0.668. The van der Waals surface area contributed by atoms with Gasteiger partial charge in [-0.15, -0.1) is 0 Å². The molecule has 3 fully saturated rings. The van der Waals surface area contributed by atoms with E-state index in [1.807, 2.05) is 13.0 Å². The van der Waals surface area contributed by atoms with Gasteiger partial charge in [-0.2, -0.15) is 0 Å². The highest BCUT2D eigenvalue weighted by Crippen LogP contribution is 2.65. The van der Waals surface area contributed by atoms with Gasteiger partial charge in [-0.05, 0) is 62.5 Å². The molecule has 0 amide bonds. The van der Waals surface area contributed by atoms with Crippen LogP contribution in [0.2, 0.25) is 0 Å². The first-order chi connectivity index (χ1) is 12.1. The highest BCUT2D eigenvalue weighted by Gasteiger charge is 2.66. The predicted molar refractivity (Wildman–Crippen MR) is 95.2 cm³/mol. The second-order valence-corrected chi connectivity index (χ2v) is 9.27. The third kappa shape index (κ3) is 2.10. The lowest BCUT2D eigenvalue weighted by Gasteiger charge is -2.63. The van der Waals surface area contributed by atoms with Crippen molar-refractivity contribution in [2.45, 2.75) is 64.1 Å². The van der Waals surface area contributed by atoms with Crippen molar-refractivity contribution in [2.75, 3.05) is 0 Å². The van der Waals surface area contributed by atoms with Gasteiger partial charge < -0.3 is 15.3 Å². The molecule has 4 aliphatic carbocycles. The number of carboxylic acid groups (broad SMARTS) is 1. The fraction of sp³-hybridized carbons (Fsp3) is 0.714. The average molecular weight is 360 g/mol. The summed E-state index contributed by atoms with van der Waals surface area (Å²) in [6, 6.07) is 0. The van der Waals surface area contributed by atoms with Crippen molar-refractivity contribution >= 4 is 11.8 Å². The molecule has 0 aromatic heterocycles. The van der Waals surface area contributed by atoms with E-state index in [1.54, 1.807) is 12.2 Å². The number of allylic oxidation sites excluding steroid dienone is 4. The van der Waals surface area contributed by atoms with E-state index in [1.165, 1.54) is 0 Å². The topological polar surface area (TPSA) is 94.8 Å². The Morgan fingerprint density at radius 3 is 2.69 bits per heavy atom. The normalized spacial score (nSPS) is 50.3. The molecular weight excluding hydrogens is 332 g/mol. The molecule has 0 radical (unpaired) electrons. The zero-order valence-corrected chi connectivity index (χ0v) is 15.4. The van der Waals surface area contributed by atoms with E-state index in [2.05, 4.69) is 6.92 Å². The molecule has 0 bridgehead atoms. The van der Waals surface area contributed by atoms with Crippen LogP contribution < -0.4 is 0 Å². The number of hydrogen-bond donors (Lipinski definition) is 3. The number of carboxylic acids is 1. The van der Waals surface area contributed by atoms with Crippen LogP contribution in [0.15, 0.2) is 23.8 Å². The van der Waals surface area contributed by atoms with E-state index in [9.17, 15) is 24.9 Å². The van der Waals surface area contributed by atoms with Crippen molar-refractivity contribution in [3.63, 3.8) is 0 Å². The van der Waals surface area contributed by atoms with E-state index >= 15 is 0 Å². The van der Waals surface area contributed by atoms with Crippen LogP contribution in [0.3, 0.4) is 0 Å². The van der Waals surface area contributed by atoms with Gasteiger partial charge in [-0.25, -0.2) is 4.79 Å². The van der Waals surface area contributed by atoms with Gasteiger partial charge in [0, 0.05) is 16.7 Å². The van der Waals surface area contributed by atoms with Gasteiger partial charge in [0.15, 0.2) is 11.4 Å². The van der Waals surface area contributed by atoms with Crippen LogP contribution in [0.5, 0.6) is 0 Å². The minimum absolute atomic E-state index is 0.00369. The third-order valence-corrected chi connectivity index (χ3v) is 8.24. The average Bonchev–Trinajstić information content (AvgIpc) is 2.56. The first kappa shape index (κ1) is 17.9. The molecule has 26 heavy (non-hydrogen) atoms. The van der Waals surface area contributed by atoms with Crippen LogP contribution in [0.25, 0.3) is 0 Å². The van der Waals surface area contributed by atoms with Gasteiger partial charge in [-0.1, -0.05) is 25.5 Å². The Bertz CT molecular complexity index is 724. The Kier molecular flexibility index (Phi) is 3.81. The maximum Gasteiger partial charge on any atom is 0.336 e. The molecule has 142 valence electrons. The Morgan fingerprint density at radius 1 is 1.27 bits per heavy atom. The second-order valence-electron chi connectivity index (χ2n) is 9.27. The maximum atomic E-state index is 11.9. The van der Waals surface area contributed by atoms with Crippen molar-refractivity contribution in [1.82, 2.24) is 0 Å². The second kappa shape index (κ2) is 5.52. The van der Waals surface area contributed by atoms with Gasteiger partial charge in [0.25, 0.3) is 0 Å². The largest absolute Gasteiger partial charge is 0.479 e. The molecule has 5 heteroatoms. The summed E-state index contributed by atoms with van der Waals surface area (Å²) in [6.45, 7) is 3.95. The van der Waals surface area contributed by atoms with Gasteiger partial charge >= 0.3 is 5.97 Å². The van der Waals surface area contributed by atoms with E-state index in [-0.39, 0.29) is 41.8 Å². The summed E-state index contributed by atoms with van der Waals surface area (Å²) in [6.07, 6.45) is 8.29. The molecule has 0 aromatic rings. The molecule has 3 saturated carbocycles. The Morgan fingerprint density at radius 2 is 2.00 bits per heavy atom. The fourth-order valence-electron chi connectivity index (χ4n) is 6.90. The summed E-state index contributed by atoms with van der Waals surface area (Å²) in [7, 11) is 0. The Labute approximate surface area is 153 Å². The van der Waals surface area contributed by atoms with Crippen LogP contribution in [-0.2, 0) is 9.59 Å². The van der Waals surface area contributed by atoms with E-state index in [0.717, 1.165) is 24.8 Å². The van der Waals surface area contributed by atoms with Crippen LogP contribution >= 0.6 is 0 Å². The fourth-order valence-corrected chi connectivity index (χ4v) is 6.90. The summed E-state index contributed by atoms with van der Waals surface area (Å²) in [5, 5.41) is 32.0. The van der Waals surface area contributed by atoms with E-state index < -0.39 is 23.1 Å². The summed E-state index contributed by atoms with van der Waals surface area (Å²) in [5.74, 6) is -0.990. The van der Waals surface area contributed by atoms with Gasteiger partial charge in [0.2, 0.25) is 0 Å². The minimum Gasteiger partial charge on any atom is -0.479 e. The van der Waals surface area contributed by atoms with Crippen LogP contribution in [0.1, 0.15) is 52.4 Å². The number of carbonyl (C=O) groups excluding carboxylic acids is 1. The molecule has 7 unspecified atom stereocenters. The first-order valence-electron chi connectivity index (χ1n) is 9.71. The summed E-state index contributed by atoms with van der Waals surface area (Å²) < 4.78 is 0. The standard InChI is InChI=1S/C21H28O5/c1-19-9-7-13(22)10-12(19)5-6-14-15-4-3-8-21(26,18(24)25)20(15,2)11-16(23)17(14)19/h7,9-10,14-17,23,26H,3-6,8,11H2,1-2H3,(H,24,25). The Hall–Kier alpha value is -1.46. The van der Waals surface area contributed by atoms with Crippen LogP contribution in [-0.4, -0.2) is 38.8 Å². The molecule has 0 spiro atoms. The third-order valence-electron chi connectivity index (χ3n) is 8.24. The van der Waals surface area contributed by atoms with Gasteiger partial charge in [-0.3, -0.25) is 4.79 Å². The van der Waals surface area contributed by atoms with Crippen molar-refractivity contribution in [3.8, 4) is 0 Å². The smallest absolute Gasteiger partial charge is 0.336 e. The number of carbonyl (C=O) groups is 2. The molecule has 0 aliphatic heterocycles. The van der Waals surface area contributed by atoms with Crippen molar-refractivity contribution in [2.24, 2.45) is 28.6 Å². The molecule has 0 saturated heterocycles. The maximum absolute atomic E-state index is 11.9. The lowest BCUT2D eigenvalue weighted by atomic mass is 9.42. The molecule has 4 aliphatic rings. The number of aliphatic hydroxyl groups excluding tert-OH is 1. The minimum atomic E-state index is -1.78. The monoisotopic (exact) mass is 360 g/mol. The molecule has 7 atom stereocenters.